The molecule has 3 aliphatic rings. The minimum atomic E-state index is -0.916. The Morgan fingerprint density at radius 3 is 2.65 bits per heavy atom. The molecule has 140 valence electrons. The number of carboxylic acid groups (broad SMARTS) is 1. The molecule has 3 heterocycles. The number of hydrogen-bond donors (Lipinski definition) is 2. The van der Waals surface area contributed by atoms with Crippen molar-refractivity contribution in [2.24, 2.45) is 0 Å². The van der Waals surface area contributed by atoms with Crippen LogP contribution in [0.1, 0.15) is 33.2 Å². The molecule has 0 saturated carbocycles. The van der Waals surface area contributed by atoms with E-state index < -0.39 is 12.2 Å². The van der Waals surface area contributed by atoms with Crippen molar-refractivity contribution in [1.29, 1.82) is 0 Å². The number of nitrogens with zero attached hydrogens (tertiary/aromatic N) is 2. The number of aliphatic hydroxyl groups excluding tert-OH is 1. The molecule has 1 amide bonds. The SMILES string of the molecule is Cc1c([C@@H](O)CN2C3COCC2CN(C(=O)O)C3)ccc2c1COC2=O. The number of carbonyl (C=O) groups excluding carboxylic acids is 1. The Balaban J connectivity index is 1.53. The molecule has 2 N–H and O–H groups in total. The number of aliphatic hydroxyl groups is 1. The Morgan fingerprint density at radius 2 is 2.00 bits per heavy atom. The summed E-state index contributed by atoms with van der Waals surface area (Å²) in [5.74, 6) is -0.319. The predicted octanol–water partition coefficient (Wildman–Crippen LogP) is 0.762. The highest BCUT2D eigenvalue weighted by molar-refractivity contribution is 5.93. The molecule has 0 spiro atoms. The van der Waals surface area contributed by atoms with E-state index in [-0.39, 0.29) is 24.7 Å². The lowest BCUT2D eigenvalue weighted by Gasteiger charge is -2.49. The maximum absolute atomic E-state index is 11.7. The summed E-state index contributed by atoms with van der Waals surface area (Å²) < 4.78 is 10.7. The van der Waals surface area contributed by atoms with Gasteiger partial charge in [-0.15, -0.1) is 0 Å². The summed E-state index contributed by atoms with van der Waals surface area (Å²) in [7, 11) is 0. The molecule has 8 heteroatoms. The summed E-state index contributed by atoms with van der Waals surface area (Å²) in [5, 5.41) is 20.1. The predicted molar refractivity (Wildman–Crippen MR) is 90.0 cm³/mol. The molecule has 2 bridgehead atoms. The minimum Gasteiger partial charge on any atom is -0.465 e. The number of carbonyl (C=O) groups is 2. The van der Waals surface area contributed by atoms with Gasteiger partial charge in [0.2, 0.25) is 0 Å². The second-order valence-corrected chi connectivity index (χ2v) is 7.13. The number of morpholine rings is 1. The molecule has 2 unspecified atom stereocenters. The van der Waals surface area contributed by atoms with Crippen molar-refractivity contribution in [3.05, 3.63) is 34.4 Å². The van der Waals surface area contributed by atoms with Crippen molar-refractivity contribution in [2.45, 2.75) is 31.7 Å². The van der Waals surface area contributed by atoms with E-state index in [4.69, 9.17) is 9.47 Å². The molecule has 4 rings (SSSR count). The van der Waals surface area contributed by atoms with Gasteiger partial charge in [-0.3, -0.25) is 4.90 Å². The number of hydrogen-bond acceptors (Lipinski definition) is 6. The van der Waals surface area contributed by atoms with Gasteiger partial charge in [-0.25, -0.2) is 9.59 Å². The van der Waals surface area contributed by atoms with Crippen LogP contribution in [0.2, 0.25) is 0 Å². The maximum atomic E-state index is 11.7. The number of piperazine rings is 1. The number of fused-ring (bicyclic) bond motifs is 3. The van der Waals surface area contributed by atoms with Crippen LogP contribution in [0.3, 0.4) is 0 Å². The number of amides is 1. The molecule has 0 radical (unpaired) electrons. The van der Waals surface area contributed by atoms with E-state index in [9.17, 15) is 19.8 Å². The summed E-state index contributed by atoms with van der Waals surface area (Å²) >= 11 is 0. The normalized spacial score (nSPS) is 26.4. The lowest BCUT2D eigenvalue weighted by molar-refractivity contribution is -0.103. The van der Waals surface area contributed by atoms with E-state index in [2.05, 4.69) is 4.90 Å². The van der Waals surface area contributed by atoms with E-state index in [1.807, 2.05) is 6.92 Å². The largest absolute Gasteiger partial charge is 0.465 e. The second kappa shape index (κ2) is 6.53. The van der Waals surface area contributed by atoms with Gasteiger partial charge in [0.1, 0.15) is 6.61 Å². The van der Waals surface area contributed by atoms with E-state index in [0.29, 0.717) is 38.4 Å². The first-order valence-corrected chi connectivity index (χ1v) is 8.74. The zero-order valence-corrected chi connectivity index (χ0v) is 14.6. The van der Waals surface area contributed by atoms with Gasteiger partial charge in [0.05, 0.1) is 37.0 Å². The van der Waals surface area contributed by atoms with Crippen LogP contribution in [-0.4, -0.2) is 77.0 Å². The smallest absolute Gasteiger partial charge is 0.407 e. The summed E-state index contributed by atoms with van der Waals surface area (Å²) in [6.07, 6.45) is -1.64. The Morgan fingerprint density at radius 1 is 1.31 bits per heavy atom. The van der Waals surface area contributed by atoms with Crippen molar-refractivity contribution in [2.75, 3.05) is 32.8 Å². The molecule has 26 heavy (non-hydrogen) atoms. The monoisotopic (exact) mass is 362 g/mol. The van der Waals surface area contributed by atoms with Crippen molar-refractivity contribution < 1.29 is 29.3 Å². The Hall–Kier alpha value is -2.16. The van der Waals surface area contributed by atoms with Gasteiger partial charge in [0.25, 0.3) is 0 Å². The molecule has 2 saturated heterocycles. The highest BCUT2D eigenvalue weighted by atomic mass is 16.5. The summed E-state index contributed by atoms with van der Waals surface area (Å²) in [6.45, 7) is 4.22. The van der Waals surface area contributed by atoms with Gasteiger partial charge in [0.15, 0.2) is 0 Å². The second-order valence-electron chi connectivity index (χ2n) is 7.13. The molecule has 3 atom stereocenters. The number of ether oxygens (including phenoxy) is 2. The maximum Gasteiger partial charge on any atom is 0.407 e. The Kier molecular flexibility index (Phi) is 4.34. The first-order valence-electron chi connectivity index (χ1n) is 8.74. The molecule has 0 aromatic heterocycles. The molecular weight excluding hydrogens is 340 g/mol. The van der Waals surface area contributed by atoms with Crippen LogP contribution in [0.5, 0.6) is 0 Å². The zero-order chi connectivity index (χ0) is 18.4. The van der Waals surface area contributed by atoms with E-state index in [0.717, 1.165) is 16.7 Å². The lowest BCUT2D eigenvalue weighted by atomic mass is 9.94. The minimum absolute atomic E-state index is 0.0621. The van der Waals surface area contributed by atoms with E-state index in [1.165, 1.54) is 4.90 Å². The molecule has 0 aliphatic carbocycles. The number of benzene rings is 1. The summed E-state index contributed by atoms with van der Waals surface area (Å²) in [4.78, 5) is 26.5. The van der Waals surface area contributed by atoms with Crippen LogP contribution < -0.4 is 0 Å². The highest BCUT2D eigenvalue weighted by Crippen LogP contribution is 2.31. The van der Waals surface area contributed by atoms with Crippen molar-refractivity contribution >= 4 is 12.1 Å². The van der Waals surface area contributed by atoms with Gasteiger partial charge >= 0.3 is 12.1 Å². The average Bonchev–Trinajstić information content (AvgIpc) is 2.96. The topological polar surface area (TPSA) is 99.5 Å². The number of esters is 1. The fraction of sp³-hybridized carbons (Fsp3) is 0.556. The van der Waals surface area contributed by atoms with Gasteiger partial charge in [-0.2, -0.15) is 0 Å². The van der Waals surface area contributed by atoms with Crippen LogP contribution in [0.25, 0.3) is 0 Å². The number of cyclic esters (lactones) is 1. The van der Waals surface area contributed by atoms with Crippen LogP contribution >= 0.6 is 0 Å². The van der Waals surface area contributed by atoms with Crippen LogP contribution in [-0.2, 0) is 16.1 Å². The van der Waals surface area contributed by atoms with Crippen molar-refractivity contribution in [3.63, 3.8) is 0 Å². The fourth-order valence-corrected chi connectivity index (χ4v) is 4.21. The van der Waals surface area contributed by atoms with Gasteiger partial charge in [-0.05, 0) is 24.1 Å². The van der Waals surface area contributed by atoms with Crippen molar-refractivity contribution in [1.82, 2.24) is 9.80 Å². The van der Waals surface area contributed by atoms with E-state index >= 15 is 0 Å². The Labute approximate surface area is 150 Å². The first-order chi connectivity index (χ1) is 12.5. The van der Waals surface area contributed by atoms with Gasteiger partial charge < -0.3 is 24.6 Å². The van der Waals surface area contributed by atoms with Crippen LogP contribution in [0.4, 0.5) is 4.79 Å². The molecule has 1 aromatic carbocycles. The third-order valence-corrected chi connectivity index (χ3v) is 5.64. The standard InChI is InChI=1S/C18H22N2O6/c1-10-13(2-3-14-15(10)9-26-17(14)22)16(21)6-20-11-4-19(18(23)24)5-12(20)8-25-7-11/h2-3,11-12,16,21H,4-9H2,1H3,(H,23,24)/t11?,12?,16-/m0/s1. The fourth-order valence-electron chi connectivity index (χ4n) is 4.21. The third kappa shape index (κ3) is 2.84. The van der Waals surface area contributed by atoms with E-state index in [1.54, 1.807) is 12.1 Å². The molecule has 1 aromatic rings. The van der Waals surface area contributed by atoms with Crippen LogP contribution in [0, 0.1) is 6.92 Å². The highest BCUT2D eigenvalue weighted by Gasteiger charge is 2.40. The van der Waals surface area contributed by atoms with Crippen LogP contribution in [0.15, 0.2) is 12.1 Å². The van der Waals surface area contributed by atoms with Crippen molar-refractivity contribution in [3.8, 4) is 0 Å². The summed E-state index contributed by atoms with van der Waals surface area (Å²) in [6, 6.07) is 3.37. The Bertz CT molecular complexity index is 737. The first kappa shape index (κ1) is 17.3. The molecule has 2 fully saturated rings. The molecule has 3 aliphatic heterocycles. The lowest BCUT2D eigenvalue weighted by Crippen LogP contribution is -2.65. The molecule has 8 nitrogen and oxygen atoms in total. The average molecular weight is 362 g/mol. The number of rotatable bonds is 3. The van der Waals surface area contributed by atoms with Gasteiger partial charge in [-0.1, -0.05) is 6.07 Å². The quantitative estimate of drug-likeness (QED) is 0.766. The zero-order valence-electron chi connectivity index (χ0n) is 14.6. The molecular formula is C18H22N2O6. The third-order valence-electron chi connectivity index (χ3n) is 5.64. The summed E-state index contributed by atoms with van der Waals surface area (Å²) in [5.41, 5.74) is 3.07. The van der Waals surface area contributed by atoms with Gasteiger partial charge in [0, 0.05) is 25.2 Å².